The second-order valence-electron chi connectivity index (χ2n) is 12.3. The number of para-hydroxylation sites is 5. The van der Waals surface area contributed by atoms with Crippen molar-refractivity contribution in [3.63, 3.8) is 0 Å². The molecule has 0 saturated heterocycles. The van der Waals surface area contributed by atoms with Crippen molar-refractivity contribution in [1.29, 1.82) is 0 Å². The molecule has 214 valence electrons. The number of imidazole rings is 1. The number of hydrogen-bond donors (Lipinski definition) is 0. The van der Waals surface area contributed by atoms with Crippen molar-refractivity contribution in [1.82, 2.24) is 14.0 Å². The van der Waals surface area contributed by atoms with Gasteiger partial charge in [-0.05, 0) is 71.5 Å². The Balaban J connectivity index is 1.59. The van der Waals surface area contributed by atoms with Crippen LogP contribution in [0, 0.1) is 0 Å². The first-order valence-corrected chi connectivity index (χ1v) is 15.2. The summed E-state index contributed by atoms with van der Waals surface area (Å²) in [6.45, 7) is 8.86. The highest BCUT2D eigenvalue weighted by Gasteiger charge is 2.24. The van der Waals surface area contributed by atoms with E-state index >= 15 is 0 Å². The van der Waals surface area contributed by atoms with Gasteiger partial charge in [-0.15, -0.1) is 0 Å². The van der Waals surface area contributed by atoms with Crippen LogP contribution in [0.1, 0.15) is 50.7 Å². The molecule has 0 saturated carbocycles. The summed E-state index contributed by atoms with van der Waals surface area (Å²) in [6.07, 6.45) is 0. The van der Waals surface area contributed by atoms with Gasteiger partial charge < -0.3 is 4.40 Å². The first kappa shape index (κ1) is 26.3. The molecule has 0 N–H and O–H groups in total. The average molecular weight is 574 g/mol. The molecule has 44 heavy (non-hydrogen) atoms. The lowest BCUT2D eigenvalue weighted by molar-refractivity contribution is 0.811. The summed E-state index contributed by atoms with van der Waals surface area (Å²) in [4.78, 5) is 33.6. The largest absolute Gasteiger partial charge is 0.308 e. The average Bonchev–Trinajstić information content (AvgIpc) is 3.43. The lowest BCUT2D eigenvalue weighted by Crippen LogP contribution is -2.14. The summed E-state index contributed by atoms with van der Waals surface area (Å²) in [6, 6.07) is 33.9. The van der Waals surface area contributed by atoms with Crippen molar-refractivity contribution in [2.24, 2.45) is 0 Å². The van der Waals surface area contributed by atoms with E-state index in [4.69, 9.17) is 4.98 Å². The summed E-state index contributed by atoms with van der Waals surface area (Å²) in [5, 5.41) is 2.26. The summed E-state index contributed by atoms with van der Waals surface area (Å²) < 4.78 is 4.32. The van der Waals surface area contributed by atoms with Gasteiger partial charge in [0.2, 0.25) is 0 Å². The highest BCUT2D eigenvalue weighted by atomic mass is 16.1. The first-order valence-electron chi connectivity index (χ1n) is 15.2. The van der Waals surface area contributed by atoms with Crippen LogP contribution in [0.3, 0.4) is 0 Å². The zero-order valence-corrected chi connectivity index (χ0v) is 25.1. The Hall–Kier alpha value is -5.29. The molecule has 5 heteroatoms. The molecular formula is C39H31N3O2. The van der Waals surface area contributed by atoms with Crippen molar-refractivity contribution >= 4 is 49.1 Å². The van der Waals surface area contributed by atoms with Gasteiger partial charge in [-0.25, -0.2) is 4.98 Å². The molecule has 0 aliphatic rings. The predicted molar refractivity (Wildman–Crippen MR) is 182 cm³/mol. The lowest BCUT2D eigenvalue weighted by Gasteiger charge is -2.23. The summed E-state index contributed by atoms with van der Waals surface area (Å²) in [5.41, 5.74) is 8.20. The second-order valence-corrected chi connectivity index (χ2v) is 12.3. The quantitative estimate of drug-likeness (QED) is 0.156. The van der Waals surface area contributed by atoms with Gasteiger partial charge in [0.05, 0.1) is 33.3 Å². The predicted octanol–water partition coefficient (Wildman–Crippen LogP) is 8.81. The monoisotopic (exact) mass is 573 g/mol. The highest BCUT2D eigenvalue weighted by molar-refractivity contribution is 6.09. The minimum atomic E-state index is -0.0877. The maximum Gasteiger partial charge on any atom is 0.197 e. The molecule has 5 nitrogen and oxygen atoms in total. The molecule has 3 aromatic heterocycles. The van der Waals surface area contributed by atoms with E-state index in [1.54, 1.807) is 0 Å². The molecule has 5 aromatic carbocycles. The number of fused-ring (bicyclic) bond motifs is 5. The first-order chi connectivity index (χ1) is 21.3. The molecule has 0 fully saturated rings. The van der Waals surface area contributed by atoms with Gasteiger partial charge in [0, 0.05) is 27.1 Å². The van der Waals surface area contributed by atoms with Crippen LogP contribution < -0.4 is 10.9 Å². The molecular weight excluding hydrogens is 542 g/mol. The van der Waals surface area contributed by atoms with E-state index in [2.05, 4.69) is 60.9 Å². The minimum absolute atomic E-state index is 0.0877. The van der Waals surface area contributed by atoms with Gasteiger partial charge in [0.15, 0.2) is 10.9 Å². The van der Waals surface area contributed by atoms with Gasteiger partial charge in [-0.2, -0.15) is 0 Å². The van der Waals surface area contributed by atoms with Crippen LogP contribution in [0.5, 0.6) is 0 Å². The standard InChI is InChI=1S/C39H31N3O2/c1-22(2)25-14-11-15-26(23(3)4)35(25)42-34-19-10-7-16-31(34)40-39(42)24-20-29-36-30(21-24)38(44)28-13-6-9-18-33(28)41(36)32-17-8-5-12-27(32)37(29)43/h5-23H,1-4H3. The van der Waals surface area contributed by atoms with Crippen LogP contribution in [-0.4, -0.2) is 14.0 Å². The molecule has 0 atom stereocenters. The van der Waals surface area contributed by atoms with Crippen molar-refractivity contribution in [3.05, 3.63) is 135 Å². The zero-order chi connectivity index (χ0) is 30.3. The number of pyridine rings is 2. The van der Waals surface area contributed by atoms with E-state index in [1.165, 1.54) is 11.1 Å². The fourth-order valence-electron chi connectivity index (χ4n) is 6.95. The van der Waals surface area contributed by atoms with E-state index in [1.807, 2.05) is 78.9 Å². The van der Waals surface area contributed by atoms with Crippen LogP contribution >= 0.6 is 0 Å². The topological polar surface area (TPSA) is 56.4 Å². The Kier molecular flexibility index (Phi) is 5.76. The molecule has 0 radical (unpaired) electrons. The highest BCUT2D eigenvalue weighted by Crippen LogP contribution is 2.38. The van der Waals surface area contributed by atoms with Gasteiger partial charge >= 0.3 is 0 Å². The van der Waals surface area contributed by atoms with Crippen LogP contribution in [0.4, 0.5) is 0 Å². The molecule has 0 spiro atoms. The van der Waals surface area contributed by atoms with Crippen molar-refractivity contribution in [2.75, 3.05) is 0 Å². The Morgan fingerprint density at radius 1 is 0.568 bits per heavy atom. The van der Waals surface area contributed by atoms with Crippen LogP contribution in [-0.2, 0) is 0 Å². The molecule has 0 bridgehead atoms. The van der Waals surface area contributed by atoms with E-state index in [0.717, 1.165) is 33.3 Å². The van der Waals surface area contributed by atoms with E-state index in [-0.39, 0.29) is 22.7 Å². The molecule has 0 aliphatic heterocycles. The summed E-state index contributed by atoms with van der Waals surface area (Å²) in [5.74, 6) is 1.25. The summed E-state index contributed by atoms with van der Waals surface area (Å²) >= 11 is 0. The molecule has 8 rings (SSSR count). The fraction of sp³-hybridized carbons (Fsp3) is 0.154. The molecule has 0 aliphatic carbocycles. The Morgan fingerprint density at radius 3 is 1.61 bits per heavy atom. The van der Waals surface area contributed by atoms with E-state index < -0.39 is 0 Å². The summed E-state index contributed by atoms with van der Waals surface area (Å²) in [7, 11) is 0. The molecule has 8 aromatic rings. The van der Waals surface area contributed by atoms with Crippen molar-refractivity contribution in [2.45, 2.75) is 39.5 Å². The third-order valence-corrected chi connectivity index (χ3v) is 8.99. The normalized spacial score (nSPS) is 12.2. The van der Waals surface area contributed by atoms with E-state index in [0.29, 0.717) is 32.9 Å². The van der Waals surface area contributed by atoms with Gasteiger partial charge in [0.1, 0.15) is 5.82 Å². The third kappa shape index (κ3) is 3.62. The Bertz CT molecular complexity index is 2430. The van der Waals surface area contributed by atoms with Crippen LogP contribution in [0.15, 0.2) is 113 Å². The van der Waals surface area contributed by atoms with Crippen molar-refractivity contribution in [3.8, 4) is 17.1 Å². The number of hydrogen-bond acceptors (Lipinski definition) is 3. The number of nitrogens with zero attached hydrogens (tertiary/aromatic N) is 3. The lowest BCUT2D eigenvalue weighted by atomic mass is 9.92. The Morgan fingerprint density at radius 2 is 1.07 bits per heavy atom. The fourth-order valence-corrected chi connectivity index (χ4v) is 6.95. The van der Waals surface area contributed by atoms with Crippen LogP contribution in [0.25, 0.3) is 66.2 Å². The maximum atomic E-state index is 14.2. The smallest absolute Gasteiger partial charge is 0.197 e. The number of aromatic nitrogens is 3. The second kappa shape index (κ2) is 9.61. The molecule has 0 amide bonds. The van der Waals surface area contributed by atoms with Crippen molar-refractivity contribution < 1.29 is 0 Å². The number of rotatable bonds is 4. The maximum absolute atomic E-state index is 14.2. The van der Waals surface area contributed by atoms with E-state index in [9.17, 15) is 9.59 Å². The minimum Gasteiger partial charge on any atom is -0.308 e. The third-order valence-electron chi connectivity index (χ3n) is 8.99. The number of benzene rings is 5. The molecule has 0 unspecified atom stereocenters. The van der Waals surface area contributed by atoms with Gasteiger partial charge in [-0.3, -0.25) is 14.2 Å². The SMILES string of the molecule is CC(C)c1cccc(C(C)C)c1-n1c(-c2cc3c(=O)c4ccccc4n4c5ccccc5c(=O)c(c2)c34)nc2ccccc21. The van der Waals surface area contributed by atoms with Crippen LogP contribution in [0.2, 0.25) is 0 Å². The Labute approximate surface area is 254 Å². The zero-order valence-electron chi connectivity index (χ0n) is 25.1. The van der Waals surface area contributed by atoms with Gasteiger partial charge in [-0.1, -0.05) is 82.3 Å². The van der Waals surface area contributed by atoms with Gasteiger partial charge in [0.25, 0.3) is 0 Å². The molecule has 3 heterocycles.